The van der Waals surface area contributed by atoms with Gasteiger partial charge in [-0.3, -0.25) is 10.4 Å². The van der Waals surface area contributed by atoms with Gasteiger partial charge in [0.15, 0.2) is 0 Å². The summed E-state index contributed by atoms with van der Waals surface area (Å²) in [4.78, 5) is 4.45. The van der Waals surface area contributed by atoms with E-state index in [1.807, 2.05) is 34.6 Å². The molecule has 0 rings (SSSR count). The first kappa shape index (κ1) is 17.2. The highest BCUT2D eigenvalue weighted by atomic mass is 14.9. The Kier molecular flexibility index (Phi) is 7.49. The van der Waals surface area contributed by atoms with Gasteiger partial charge in [-0.15, -0.1) is 0 Å². The molecule has 19 heavy (non-hydrogen) atoms. The van der Waals surface area contributed by atoms with Gasteiger partial charge in [0.25, 0.3) is 0 Å². The van der Waals surface area contributed by atoms with Crippen LogP contribution >= 0.6 is 0 Å². The zero-order valence-electron chi connectivity index (χ0n) is 12.7. The fourth-order valence-corrected chi connectivity index (χ4v) is 1.21. The van der Waals surface area contributed by atoms with E-state index in [-0.39, 0.29) is 5.92 Å². The van der Waals surface area contributed by atoms with Crippen LogP contribution in [0.15, 0.2) is 40.7 Å². The molecule has 0 aromatic heterocycles. The second-order valence-corrected chi connectivity index (χ2v) is 5.00. The predicted octanol–water partition coefficient (Wildman–Crippen LogP) is 2.99. The molecule has 0 saturated heterocycles. The molecule has 0 bridgehead atoms. The average Bonchev–Trinajstić information content (AvgIpc) is 2.32. The topological polar surface area (TPSA) is 74.3 Å². The van der Waals surface area contributed by atoms with Gasteiger partial charge in [-0.1, -0.05) is 26.0 Å². The van der Waals surface area contributed by atoms with Gasteiger partial charge in [0.2, 0.25) is 0 Å². The molecule has 0 saturated carbocycles. The highest BCUT2D eigenvalue weighted by molar-refractivity contribution is 5.95. The maximum absolute atomic E-state index is 7.76. The first-order chi connectivity index (χ1) is 8.77. The van der Waals surface area contributed by atoms with E-state index in [4.69, 9.17) is 11.1 Å². The molecule has 0 unspecified atom stereocenters. The summed E-state index contributed by atoms with van der Waals surface area (Å²) in [5.74, 6) is 0.549. The van der Waals surface area contributed by atoms with Crippen molar-refractivity contribution >= 4 is 11.5 Å². The summed E-state index contributed by atoms with van der Waals surface area (Å²) in [5.41, 5.74) is 9.39. The summed E-state index contributed by atoms with van der Waals surface area (Å²) < 4.78 is 0. The van der Waals surface area contributed by atoms with Crippen LogP contribution in [0, 0.1) is 11.3 Å². The molecule has 4 heteroatoms. The number of amidine groups is 1. The molecule has 0 aliphatic rings. The molecular weight excluding hydrogens is 236 g/mol. The summed E-state index contributed by atoms with van der Waals surface area (Å²) in [6.45, 7) is 14.2. The Morgan fingerprint density at radius 3 is 2.37 bits per heavy atom. The molecule has 0 aromatic rings. The second-order valence-electron chi connectivity index (χ2n) is 5.00. The molecule has 0 heterocycles. The first-order valence-corrected chi connectivity index (χ1v) is 6.41. The molecule has 0 atom stereocenters. The van der Waals surface area contributed by atoms with E-state index in [1.54, 1.807) is 12.2 Å². The molecule has 0 aromatic carbocycles. The van der Waals surface area contributed by atoms with Crippen molar-refractivity contribution in [1.29, 1.82) is 5.41 Å². The minimum Gasteiger partial charge on any atom is -0.402 e. The van der Waals surface area contributed by atoms with Crippen LogP contribution in [0.5, 0.6) is 0 Å². The fourth-order valence-electron chi connectivity index (χ4n) is 1.21. The number of hydrogen-bond donors (Lipinski definition) is 3. The summed E-state index contributed by atoms with van der Waals surface area (Å²) in [6.07, 6.45) is 3.38. The summed E-state index contributed by atoms with van der Waals surface area (Å²) in [6, 6.07) is 0. The SMILES string of the molecule is C=CC(N=C(C)CNC(=N)/C=C(\N)C(C)C)=C(C)C. The van der Waals surface area contributed by atoms with Gasteiger partial charge in [0.05, 0.1) is 12.2 Å². The molecule has 0 aliphatic carbocycles. The Morgan fingerprint density at radius 1 is 1.37 bits per heavy atom. The molecule has 0 amide bonds. The van der Waals surface area contributed by atoms with Crippen LogP contribution in [-0.4, -0.2) is 18.1 Å². The lowest BCUT2D eigenvalue weighted by Crippen LogP contribution is -2.27. The highest BCUT2D eigenvalue weighted by Gasteiger charge is 2.00. The van der Waals surface area contributed by atoms with Crippen molar-refractivity contribution in [2.45, 2.75) is 34.6 Å². The maximum atomic E-state index is 7.76. The number of aliphatic imine (C=N–C) groups is 1. The first-order valence-electron chi connectivity index (χ1n) is 6.41. The van der Waals surface area contributed by atoms with Crippen molar-refractivity contribution in [1.82, 2.24) is 5.32 Å². The maximum Gasteiger partial charge on any atom is 0.120 e. The largest absolute Gasteiger partial charge is 0.402 e. The number of nitrogens with zero attached hydrogens (tertiary/aromatic N) is 1. The second kappa shape index (κ2) is 8.29. The van der Waals surface area contributed by atoms with E-state index in [1.165, 1.54) is 0 Å². The molecule has 0 radical (unpaired) electrons. The molecule has 4 nitrogen and oxygen atoms in total. The number of nitrogens with one attached hydrogen (secondary N) is 2. The zero-order chi connectivity index (χ0) is 15.0. The summed E-state index contributed by atoms with van der Waals surface area (Å²) in [5, 5.41) is 10.7. The average molecular weight is 262 g/mol. The summed E-state index contributed by atoms with van der Waals surface area (Å²) >= 11 is 0. The van der Waals surface area contributed by atoms with Gasteiger partial charge in [0.1, 0.15) is 5.84 Å². The van der Waals surface area contributed by atoms with Crippen molar-refractivity contribution in [3.63, 3.8) is 0 Å². The van der Waals surface area contributed by atoms with Gasteiger partial charge in [0, 0.05) is 11.4 Å². The Labute approximate surface area is 116 Å². The predicted molar refractivity (Wildman–Crippen MR) is 84.5 cm³/mol. The van der Waals surface area contributed by atoms with Crippen LogP contribution in [-0.2, 0) is 0 Å². The molecule has 0 spiro atoms. The van der Waals surface area contributed by atoms with Crippen LogP contribution < -0.4 is 11.1 Å². The minimum absolute atomic E-state index is 0.245. The molecule has 4 N–H and O–H groups in total. The highest BCUT2D eigenvalue weighted by Crippen LogP contribution is 2.06. The van der Waals surface area contributed by atoms with E-state index >= 15 is 0 Å². The van der Waals surface area contributed by atoms with Gasteiger partial charge in [-0.2, -0.15) is 0 Å². The molecule has 106 valence electrons. The Hall–Kier alpha value is -1.84. The van der Waals surface area contributed by atoms with E-state index in [0.717, 1.165) is 17.0 Å². The minimum atomic E-state index is 0.245. The van der Waals surface area contributed by atoms with E-state index in [0.29, 0.717) is 18.1 Å². The van der Waals surface area contributed by atoms with Gasteiger partial charge in [-0.25, -0.2) is 0 Å². The van der Waals surface area contributed by atoms with Crippen LogP contribution in [0.2, 0.25) is 0 Å². The van der Waals surface area contributed by atoms with E-state index < -0.39 is 0 Å². The van der Waals surface area contributed by atoms with E-state index in [2.05, 4.69) is 16.9 Å². The van der Waals surface area contributed by atoms with Crippen LogP contribution in [0.3, 0.4) is 0 Å². The van der Waals surface area contributed by atoms with Crippen LogP contribution in [0.25, 0.3) is 0 Å². The van der Waals surface area contributed by atoms with Crippen molar-refractivity contribution in [2.24, 2.45) is 16.6 Å². The van der Waals surface area contributed by atoms with Crippen molar-refractivity contribution in [3.8, 4) is 0 Å². The van der Waals surface area contributed by atoms with Gasteiger partial charge in [-0.05, 0) is 38.8 Å². The lowest BCUT2D eigenvalue weighted by atomic mass is 10.1. The molecule has 0 fully saturated rings. The van der Waals surface area contributed by atoms with Gasteiger partial charge < -0.3 is 11.1 Å². The monoisotopic (exact) mass is 262 g/mol. The quantitative estimate of drug-likeness (QED) is 0.391. The lowest BCUT2D eigenvalue weighted by molar-refractivity contribution is 0.757. The third kappa shape index (κ3) is 7.24. The Bertz CT molecular complexity index is 421. The number of allylic oxidation sites excluding steroid dienone is 3. The van der Waals surface area contributed by atoms with E-state index in [9.17, 15) is 0 Å². The van der Waals surface area contributed by atoms with Gasteiger partial charge >= 0.3 is 0 Å². The van der Waals surface area contributed by atoms with Crippen molar-refractivity contribution in [3.05, 3.63) is 35.7 Å². The summed E-state index contributed by atoms with van der Waals surface area (Å²) in [7, 11) is 0. The number of rotatable bonds is 6. The fraction of sp³-hybridized carbons (Fsp3) is 0.467. The third-order valence-corrected chi connectivity index (χ3v) is 2.53. The zero-order valence-corrected chi connectivity index (χ0v) is 12.7. The normalized spacial score (nSPS) is 12.3. The number of hydrogen-bond acceptors (Lipinski definition) is 3. The lowest BCUT2D eigenvalue weighted by Gasteiger charge is -2.08. The van der Waals surface area contributed by atoms with Crippen LogP contribution in [0.4, 0.5) is 0 Å². The smallest absolute Gasteiger partial charge is 0.120 e. The Balaban J connectivity index is 4.55. The molecular formula is C15H26N4. The van der Waals surface area contributed by atoms with Crippen LogP contribution in [0.1, 0.15) is 34.6 Å². The number of nitrogens with two attached hydrogens (primary N) is 1. The standard InChI is InChI=1S/C15H26N4/c1-7-14(11(4)5)19-12(6)9-18-15(17)8-13(16)10(2)3/h7-8,10H,1,9,16H2,2-6H3,(H2,17,18)/b13-8-,19-12?. The Morgan fingerprint density at radius 2 is 1.95 bits per heavy atom. The van der Waals surface area contributed by atoms with Crippen molar-refractivity contribution < 1.29 is 0 Å². The van der Waals surface area contributed by atoms with Crippen molar-refractivity contribution in [2.75, 3.05) is 6.54 Å². The molecule has 0 aliphatic heterocycles. The third-order valence-electron chi connectivity index (χ3n) is 2.53.